The van der Waals surface area contributed by atoms with Crippen LogP contribution in [0.2, 0.25) is 0 Å². The molecule has 0 saturated heterocycles. The number of hydrogen-bond acceptors (Lipinski definition) is 1. The van der Waals surface area contributed by atoms with E-state index in [-0.39, 0.29) is 4.75 Å². The van der Waals surface area contributed by atoms with Gasteiger partial charge >= 0.3 is 0 Å². The summed E-state index contributed by atoms with van der Waals surface area (Å²) in [5.41, 5.74) is 3.80. The van der Waals surface area contributed by atoms with Gasteiger partial charge in [-0.2, -0.15) is 0 Å². The minimum atomic E-state index is -0.246. The standard InChI is InChI=1S/C19H15BrS/c20-21-19(16-10-4-1-5-11-16,17-12-6-2-7-13-17)18-14-8-3-9-15-18/h1-15H. The molecule has 3 aromatic carbocycles. The van der Waals surface area contributed by atoms with E-state index < -0.39 is 0 Å². The van der Waals surface area contributed by atoms with Crippen LogP contribution in [-0.2, 0) is 4.75 Å². The second-order valence-electron chi connectivity index (χ2n) is 4.86. The Morgan fingerprint density at radius 3 is 1.05 bits per heavy atom. The molecule has 0 bridgehead atoms. The molecule has 0 fully saturated rings. The molecular formula is C19H15BrS. The number of rotatable bonds is 4. The Balaban J connectivity index is 2.29. The van der Waals surface area contributed by atoms with Crippen LogP contribution in [-0.4, -0.2) is 0 Å². The molecule has 21 heavy (non-hydrogen) atoms. The molecule has 3 aromatic rings. The van der Waals surface area contributed by atoms with E-state index in [1.807, 2.05) is 0 Å². The number of hydrogen-bond donors (Lipinski definition) is 0. The van der Waals surface area contributed by atoms with Crippen LogP contribution in [0.1, 0.15) is 16.7 Å². The molecule has 0 aliphatic rings. The topological polar surface area (TPSA) is 0 Å². The fourth-order valence-electron chi connectivity index (χ4n) is 2.65. The first-order chi connectivity index (χ1) is 10.4. The fourth-order valence-corrected chi connectivity index (χ4v) is 5.01. The van der Waals surface area contributed by atoms with Crippen molar-refractivity contribution < 1.29 is 0 Å². The number of benzene rings is 3. The number of halogens is 1. The van der Waals surface area contributed by atoms with E-state index in [9.17, 15) is 0 Å². The van der Waals surface area contributed by atoms with Crippen molar-refractivity contribution in [3.05, 3.63) is 108 Å². The van der Waals surface area contributed by atoms with Crippen LogP contribution in [0.4, 0.5) is 0 Å². The summed E-state index contributed by atoms with van der Waals surface area (Å²) in [5.74, 6) is 0. The van der Waals surface area contributed by atoms with E-state index in [1.54, 1.807) is 10.2 Å². The van der Waals surface area contributed by atoms with Crippen LogP contribution in [0, 0.1) is 0 Å². The van der Waals surface area contributed by atoms with Crippen LogP contribution < -0.4 is 0 Å². The summed E-state index contributed by atoms with van der Waals surface area (Å²) in [6.07, 6.45) is 0. The lowest BCUT2D eigenvalue weighted by molar-refractivity contribution is 0.903. The molecule has 0 aliphatic carbocycles. The maximum absolute atomic E-state index is 3.70. The minimum absolute atomic E-state index is 0.246. The van der Waals surface area contributed by atoms with Crippen LogP contribution in [0.25, 0.3) is 0 Å². The summed E-state index contributed by atoms with van der Waals surface area (Å²) >= 11 is 3.70. The van der Waals surface area contributed by atoms with E-state index in [0.717, 1.165) is 0 Å². The molecule has 0 heterocycles. The molecule has 0 unspecified atom stereocenters. The average Bonchev–Trinajstić information content (AvgIpc) is 2.59. The second kappa shape index (κ2) is 6.50. The van der Waals surface area contributed by atoms with Crippen molar-refractivity contribution in [1.29, 1.82) is 0 Å². The third-order valence-corrected chi connectivity index (χ3v) is 6.05. The smallest absolute Gasteiger partial charge is 0.0622 e. The molecule has 0 nitrogen and oxygen atoms in total. The molecule has 3 rings (SSSR count). The monoisotopic (exact) mass is 354 g/mol. The molecule has 0 saturated carbocycles. The fraction of sp³-hybridized carbons (Fsp3) is 0.0526. The zero-order chi connectivity index (χ0) is 14.5. The summed E-state index contributed by atoms with van der Waals surface area (Å²) in [6.45, 7) is 0. The Bertz CT molecular complexity index is 584. The van der Waals surface area contributed by atoms with E-state index in [4.69, 9.17) is 0 Å². The van der Waals surface area contributed by atoms with Gasteiger partial charge in [0.25, 0.3) is 0 Å². The molecule has 0 radical (unpaired) electrons. The molecule has 0 aliphatic heterocycles. The Labute approximate surface area is 137 Å². The largest absolute Gasteiger partial charge is 0.102 e. The summed E-state index contributed by atoms with van der Waals surface area (Å²) in [6, 6.07) is 31.9. The van der Waals surface area contributed by atoms with Crippen molar-refractivity contribution in [2.24, 2.45) is 0 Å². The predicted molar refractivity (Wildman–Crippen MR) is 95.7 cm³/mol. The van der Waals surface area contributed by atoms with Gasteiger partial charge in [0.05, 0.1) is 0 Å². The van der Waals surface area contributed by atoms with Gasteiger partial charge in [0, 0.05) is 0 Å². The van der Waals surface area contributed by atoms with Gasteiger partial charge in [-0.25, -0.2) is 0 Å². The maximum atomic E-state index is 3.70. The molecule has 104 valence electrons. The van der Waals surface area contributed by atoms with Gasteiger partial charge in [-0.3, -0.25) is 0 Å². The lowest BCUT2D eigenvalue weighted by atomic mass is 9.84. The zero-order valence-corrected chi connectivity index (χ0v) is 13.8. The van der Waals surface area contributed by atoms with Gasteiger partial charge < -0.3 is 0 Å². The summed E-state index contributed by atoms with van der Waals surface area (Å²) in [4.78, 5) is 0. The normalized spacial score (nSPS) is 11.3. The molecule has 0 amide bonds. The van der Waals surface area contributed by atoms with Crippen LogP contribution >= 0.6 is 25.0 Å². The molecular weight excluding hydrogens is 340 g/mol. The van der Waals surface area contributed by atoms with Gasteiger partial charge in [-0.05, 0) is 31.5 Å². The summed E-state index contributed by atoms with van der Waals surface area (Å²) < 4.78 is -0.246. The van der Waals surface area contributed by atoms with Crippen molar-refractivity contribution in [1.82, 2.24) is 0 Å². The van der Waals surface area contributed by atoms with Crippen molar-refractivity contribution in [2.45, 2.75) is 4.75 Å². The molecule has 0 atom stereocenters. The van der Waals surface area contributed by atoms with E-state index in [0.29, 0.717) is 0 Å². The first kappa shape index (κ1) is 14.4. The van der Waals surface area contributed by atoms with E-state index in [1.165, 1.54) is 16.7 Å². The maximum Gasteiger partial charge on any atom is 0.102 e. The third kappa shape index (κ3) is 2.66. The Hall–Kier alpha value is -1.51. The van der Waals surface area contributed by atoms with Gasteiger partial charge in [0.1, 0.15) is 4.75 Å². The first-order valence-corrected chi connectivity index (χ1v) is 9.50. The Kier molecular flexibility index (Phi) is 4.47. The highest BCUT2D eigenvalue weighted by atomic mass is 79.9. The van der Waals surface area contributed by atoms with Crippen molar-refractivity contribution in [2.75, 3.05) is 0 Å². The van der Waals surface area contributed by atoms with Crippen LogP contribution in [0.5, 0.6) is 0 Å². The highest BCUT2D eigenvalue weighted by Gasteiger charge is 2.36. The van der Waals surface area contributed by atoms with Crippen molar-refractivity contribution in [3.63, 3.8) is 0 Å². The van der Waals surface area contributed by atoms with Crippen molar-refractivity contribution in [3.8, 4) is 0 Å². The van der Waals surface area contributed by atoms with Crippen molar-refractivity contribution >= 4 is 25.0 Å². The van der Waals surface area contributed by atoms with E-state index >= 15 is 0 Å². The first-order valence-electron chi connectivity index (χ1n) is 6.84. The predicted octanol–water partition coefficient (Wildman–Crippen LogP) is 6.02. The van der Waals surface area contributed by atoms with Gasteiger partial charge in [0.15, 0.2) is 0 Å². The van der Waals surface area contributed by atoms with Gasteiger partial charge in [0.2, 0.25) is 0 Å². The average molecular weight is 355 g/mol. The van der Waals surface area contributed by atoms with Gasteiger partial charge in [-0.1, -0.05) is 101 Å². The third-order valence-electron chi connectivity index (χ3n) is 3.66. The van der Waals surface area contributed by atoms with E-state index in [2.05, 4.69) is 106 Å². The van der Waals surface area contributed by atoms with Gasteiger partial charge in [-0.15, -0.1) is 0 Å². The molecule has 0 spiro atoms. The Morgan fingerprint density at radius 2 is 0.810 bits per heavy atom. The highest BCUT2D eigenvalue weighted by molar-refractivity contribution is 9.50. The lowest BCUT2D eigenvalue weighted by Gasteiger charge is -2.33. The lowest BCUT2D eigenvalue weighted by Crippen LogP contribution is -2.23. The van der Waals surface area contributed by atoms with Crippen LogP contribution in [0.3, 0.4) is 0 Å². The Morgan fingerprint density at radius 1 is 0.524 bits per heavy atom. The summed E-state index contributed by atoms with van der Waals surface area (Å²) in [7, 11) is 1.69. The quantitative estimate of drug-likeness (QED) is 0.516. The SMILES string of the molecule is BrSC(c1ccccc1)(c1ccccc1)c1ccccc1. The zero-order valence-electron chi connectivity index (χ0n) is 11.4. The second-order valence-corrected chi connectivity index (χ2v) is 6.59. The molecule has 0 N–H and O–H groups in total. The molecule has 0 aromatic heterocycles. The van der Waals surface area contributed by atoms with Crippen LogP contribution in [0.15, 0.2) is 91.0 Å². The summed E-state index contributed by atoms with van der Waals surface area (Å²) in [5, 5.41) is 0. The molecule has 2 heteroatoms. The highest BCUT2D eigenvalue weighted by Crippen LogP contribution is 2.50. The minimum Gasteiger partial charge on any atom is -0.0622 e.